The highest BCUT2D eigenvalue weighted by Crippen LogP contribution is 2.24. The Morgan fingerprint density at radius 1 is 1.27 bits per heavy atom. The van der Waals surface area contributed by atoms with E-state index >= 15 is 0 Å². The van der Waals surface area contributed by atoms with Gasteiger partial charge in [-0.15, -0.1) is 0 Å². The van der Waals surface area contributed by atoms with Gasteiger partial charge in [0.1, 0.15) is 5.82 Å². The number of benzene rings is 1. The minimum atomic E-state index is -3.72. The molecule has 26 heavy (non-hydrogen) atoms. The molecule has 1 aliphatic heterocycles. The molecule has 0 saturated carbocycles. The number of nitrogens with one attached hydrogen (secondary N) is 1. The van der Waals surface area contributed by atoms with E-state index in [1.54, 1.807) is 0 Å². The van der Waals surface area contributed by atoms with E-state index in [1.165, 1.54) is 16.4 Å². The Hall–Kier alpha value is -2.32. The first-order valence-corrected chi connectivity index (χ1v) is 9.76. The molecule has 2 aromatic rings. The first kappa shape index (κ1) is 18.5. The standard InChI is InChI=1S/C18H20FN3O3S/c1-13-3-2-4-16(21-13)11-20-18(23)14-9-10-22(12-14)26(24,25)17-7-5-15(19)6-8-17/h2-8,14H,9-12H2,1H3,(H,20,23). The maximum atomic E-state index is 13.0. The van der Waals surface area contributed by atoms with E-state index < -0.39 is 21.8 Å². The molecule has 3 rings (SSSR count). The van der Waals surface area contributed by atoms with Crippen molar-refractivity contribution in [1.29, 1.82) is 0 Å². The Kier molecular flexibility index (Phi) is 5.33. The zero-order valence-corrected chi connectivity index (χ0v) is 15.2. The Morgan fingerprint density at radius 2 is 2.00 bits per heavy atom. The summed E-state index contributed by atoms with van der Waals surface area (Å²) in [6.07, 6.45) is 0.452. The Morgan fingerprint density at radius 3 is 2.69 bits per heavy atom. The van der Waals surface area contributed by atoms with Gasteiger partial charge in [0.2, 0.25) is 15.9 Å². The highest BCUT2D eigenvalue weighted by Gasteiger charge is 2.35. The second-order valence-corrected chi connectivity index (χ2v) is 8.23. The van der Waals surface area contributed by atoms with Gasteiger partial charge in [-0.2, -0.15) is 4.31 Å². The highest BCUT2D eigenvalue weighted by atomic mass is 32.2. The van der Waals surface area contributed by atoms with Crippen LogP contribution in [-0.2, 0) is 21.4 Å². The number of rotatable bonds is 5. The molecule has 0 aliphatic carbocycles. The number of nitrogens with zero attached hydrogens (tertiary/aromatic N) is 2. The Bertz CT molecular complexity index is 900. The molecule has 6 nitrogen and oxygen atoms in total. The fraction of sp³-hybridized carbons (Fsp3) is 0.333. The molecule has 0 radical (unpaired) electrons. The van der Waals surface area contributed by atoms with Crippen LogP contribution in [0, 0.1) is 18.7 Å². The summed E-state index contributed by atoms with van der Waals surface area (Å²) in [5, 5.41) is 2.81. The van der Waals surface area contributed by atoms with E-state index in [0.29, 0.717) is 13.0 Å². The average molecular weight is 377 g/mol. The van der Waals surface area contributed by atoms with E-state index in [2.05, 4.69) is 10.3 Å². The van der Waals surface area contributed by atoms with Crippen LogP contribution in [0.4, 0.5) is 4.39 Å². The molecule has 1 saturated heterocycles. The summed E-state index contributed by atoms with van der Waals surface area (Å²) in [6.45, 7) is 2.56. The van der Waals surface area contributed by atoms with Gasteiger partial charge in [0, 0.05) is 18.8 Å². The summed E-state index contributed by atoms with van der Waals surface area (Å²) in [5.74, 6) is -1.09. The fourth-order valence-electron chi connectivity index (χ4n) is 2.94. The lowest BCUT2D eigenvalue weighted by Gasteiger charge is -2.16. The lowest BCUT2D eigenvalue weighted by Crippen LogP contribution is -2.34. The SMILES string of the molecule is Cc1cccc(CNC(=O)C2CCN(S(=O)(=O)c3ccc(F)cc3)C2)n1. The van der Waals surface area contributed by atoms with Crippen molar-refractivity contribution in [2.24, 2.45) is 5.92 Å². The fourth-order valence-corrected chi connectivity index (χ4v) is 4.44. The molecule has 1 fully saturated rings. The first-order chi connectivity index (χ1) is 12.4. The second-order valence-electron chi connectivity index (χ2n) is 6.29. The summed E-state index contributed by atoms with van der Waals surface area (Å²) in [4.78, 5) is 16.7. The smallest absolute Gasteiger partial charge is 0.243 e. The van der Waals surface area contributed by atoms with Crippen molar-refractivity contribution in [3.8, 4) is 0 Å². The number of aryl methyl sites for hydroxylation is 1. The van der Waals surface area contributed by atoms with Crippen LogP contribution >= 0.6 is 0 Å². The predicted octanol–water partition coefficient (Wildman–Crippen LogP) is 1.86. The Labute approximate surface area is 152 Å². The number of carbonyl (C=O) groups excluding carboxylic acids is 1. The maximum Gasteiger partial charge on any atom is 0.243 e. The molecule has 1 aromatic heterocycles. The summed E-state index contributed by atoms with van der Waals surface area (Å²) in [7, 11) is -3.72. The number of carbonyl (C=O) groups is 1. The van der Waals surface area contributed by atoms with E-state index in [1.807, 2.05) is 25.1 Å². The summed E-state index contributed by atoms with van der Waals surface area (Å²) >= 11 is 0. The number of pyridine rings is 1. The number of sulfonamides is 1. The van der Waals surface area contributed by atoms with Crippen molar-refractivity contribution >= 4 is 15.9 Å². The van der Waals surface area contributed by atoms with E-state index in [-0.39, 0.29) is 23.9 Å². The predicted molar refractivity (Wildman–Crippen MR) is 94.1 cm³/mol. The molecule has 1 aromatic carbocycles. The van der Waals surface area contributed by atoms with E-state index in [9.17, 15) is 17.6 Å². The molecule has 8 heteroatoms. The topological polar surface area (TPSA) is 79.4 Å². The quantitative estimate of drug-likeness (QED) is 0.863. The van der Waals surface area contributed by atoms with Gasteiger partial charge in [0.05, 0.1) is 23.1 Å². The molecule has 1 amide bonds. The summed E-state index contributed by atoms with van der Waals surface area (Å²) in [5.41, 5.74) is 1.63. The third kappa shape index (κ3) is 4.08. The molecule has 1 unspecified atom stereocenters. The van der Waals surface area contributed by atoms with Crippen LogP contribution in [0.15, 0.2) is 47.4 Å². The van der Waals surface area contributed by atoms with Gasteiger partial charge in [-0.25, -0.2) is 12.8 Å². The van der Waals surface area contributed by atoms with Gasteiger partial charge in [0.25, 0.3) is 0 Å². The molecule has 1 N–H and O–H groups in total. The monoisotopic (exact) mass is 377 g/mol. The lowest BCUT2D eigenvalue weighted by molar-refractivity contribution is -0.124. The van der Waals surface area contributed by atoms with Gasteiger partial charge < -0.3 is 5.32 Å². The van der Waals surface area contributed by atoms with Crippen LogP contribution in [0.1, 0.15) is 17.8 Å². The van der Waals surface area contributed by atoms with Crippen molar-refractivity contribution < 1.29 is 17.6 Å². The summed E-state index contributed by atoms with van der Waals surface area (Å²) in [6, 6.07) is 10.3. The number of hydrogen-bond acceptors (Lipinski definition) is 4. The van der Waals surface area contributed by atoms with Crippen molar-refractivity contribution in [3.63, 3.8) is 0 Å². The second kappa shape index (κ2) is 7.51. The van der Waals surface area contributed by atoms with Crippen molar-refractivity contribution in [3.05, 3.63) is 59.7 Å². The highest BCUT2D eigenvalue weighted by molar-refractivity contribution is 7.89. The first-order valence-electron chi connectivity index (χ1n) is 8.32. The van der Waals surface area contributed by atoms with Gasteiger partial charge in [0.15, 0.2) is 0 Å². The number of hydrogen-bond donors (Lipinski definition) is 1. The molecule has 138 valence electrons. The van der Waals surface area contributed by atoms with Gasteiger partial charge in [-0.05, 0) is 49.7 Å². The largest absolute Gasteiger partial charge is 0.350 e. The van der Waals surface area contributed by atoms with Gasteiger partial charge >= 0.3 is 0 Å². The lowest BCUT2D eigenvalue weighted by atomic mass is 10.1. The van der Waals surface area contributed by atoms with Crippen LogP contribution in [0.3, 0.4) is 0 Å². The minimum absolute atomic E-state index is 0.0314. The van der Waals surface area contributed by atoms with Crippen molar-refractivity contribution in [2.75, 3.05) is 13.1 Å². The van der Waals surface area contributed by atoms with Crippen LogP contribution in [0.25, 0.3) is 0 Å². The normalized spacial score (nSPS) is 18.0. The third-order valence-corrected chi connectivity index (χ3v) is 6.24. The number of aromatic nitrogens is 1. The van der Waals surface area contributed by atoms with Crippen LogP contribution in [0.5, 0.6) is 0 Å². The van der Waals surface area contributed by atoms with Crippen molar-refractivity contribution in [2.45, 2.75) is 24.8 Å². The molecule has 1 aliphatic rings. The minimum Gasteiger partial charge on any atom is -0.350 e. The van der Waals surface area contributed by atoms with E-state index in [0.717, 1.165) is 23.5 Å². The molecule has 0 spiro atoms. The van der Waals surface area contributed by atoms with E-state index in [4.69, 9.17) is 0 Å². The zero-order valence-electron chi connectivity index (χ0n) is 14.4. The Balaban J connectivity index is 1.60. The molecular formula is C18H20FN3O3S. The maximum absolute atomic E-state index is 13.0. The molecular weight excluding hydrogens is 357 g/mol. The summed E-state index contributed by atoms with van der Waals surface area (Å²) < 4.78 is 39.5. The van der Waals surface area contributed by atoms with Crippen molar-refractivity contribution in [1.82, 2.24) is 14.6 Å². The zero-order chi connectivity index (χ0) is 18.7. The van der Waals surface area contributed by atoms with Gasteiger partial charge in [-0.1, -0.05) is 6.07 Å². The molecule has 1 atom stereocenters. The average Bonchev–Trinajstić information content (AvgIpc) is 3.11. The molecule has 2 heterocycles. The number of halogens is 1. The van der Waals surface area contributed by atoms with Gasteiger partial charge in [-0.3, -0.25) is 9.78 Å². The van der Waals surface area contributed by atoms with Crippen LogP contribution < -0.4 is 5.32 Å². The molecule has 0 bridgehead atoms. The number of amides is 1. The van der Waals surface area contributed by atoms with Crippen LogP contribution in [-0.4, -0.2) is 36.7 Å². The van der Waals surface area contributed by atoms with Crippen LogP contribution in [0.2, 0.25) is 0 Å². The third-order valence-electron chi connectivity index (χ3n) is 4.36.